The number of rotatable bonds is 5. The topological polar surface area (TPSA) is 66.0 Å². The molecule has 0 bridgehead atoms. The van der Waals surface area contributed by atoms with Gasteiger partial charge in [-0.15, -0.1) is 0 Å². The van der Waals surface area contributed by atoms with Gasteiger partial charge in [0.25, 0.3) is 0 Å². The maximum Gasteiger partial charge on any atom is 0.229 e. The first-order chi connectivity index (χ1) is 8.70. The molecular formula is C12H14N4OS. The summed E-state index contributed by atoms with van der Waals surface area (Å²) in [6.45, 7) is 2.94. The van der Waals surface area contributed by atoms with Crippen molar-refractivity contribution in [3.05, 3.63) is 36.3 Å². The van der Waals surface area contributed by atoms with Crippen molar-refractivity contribution in [1.29, 1.82) is 0 Å². The Balaban J connectivity index is 2.20. The first kappa shape index (κ1) is 12.5. The third kappa shape index (κ3) is 2.84. The maximum atomic E-state index is 5.64. The highest BCUT2D eigenvalue weighted by Gasteiger charge is 2.09. The number of pyridine rings is 1. The Morgan fingerprint density at radius 2 is 2.39 bits per heavy atom. The summed E-state index contributed by atoms with van der Waals surface area (Å²) < 4.78 is 7.45. The summed E-state index contributed by atoms with van der Waals surface area (Å²) in [5.74, 6) is 1.03. The van der Waals surface area contributed by atoms with E-state index in [1.165, 1.54) is 0 Å². The molecule has 0 saturated heterocycles. The molecule has 0 aliphatic heterocycles. The highest BCUT2D eigenvalue weighted by molar-refractivity contribution is 7.80. The molecule has 0 aliphatic rings. The zero-order valence-electron chi connectivity index (χ0n) is 10.0. The highest BCUT2D eigenvalue weighted by atomic mass is 32.1. The normalized spacial score (nSPS) is 10.3. The van der Waals surface area contributed by atoms with Crippen LogP contribution in [-0.2, 0) is 6.54 Å². The lowest BCUT2D eigenvalue weighted by molar-refractivity contribution is 0.460. The average Bonchev–Trinajstić information content (AvgIpc) is 2.77. The number of thiocarbonyl (C=S) groups is 1. The van der Waals surface area contributed by atoms with Crippen LogP contribution in [0.1, 0.15) is 18.9 Å². The maximum absolute atomic E-state index is 5.64. The summed E-state index contributed by atoms with van der Waals surface area (Å²) in [6, 6.07) is 3.54. The molecular weight excluding hydrogens is 248 g/mol. The molecule has 18 heavy (non-hydrogen) atoms. The molecule has 0 atom stereocenters. The Morgan fingerprint density at radius 1 is 1.56 bits per heavy atom. The summed E-state index contributed by atoms with van der Waals surface area (Å²) >= 11 is 4.95. The fourth-order valence-electron chi connectivity index (χ4n) is 1.52. The molecule has 0 aromatic carbocycles. The summed E-state index contributed by atoms with van der Waals surface area (Å²) in [7, 11) is 0. The van der Waals surface area contributed by atoms with E-state index in [1.807, 2.05) is 10.9 Å². The van der Waals surface area contributed by atoms with Crippen LogP contribution >= 0.6 is 12.2 Å². The van der Waals surface area contributed by atoms with E-state index in [2.05, 4.69) is 17.0 Å². The first-order valence-corrected chi connectivity index (χ1v) is 6.06. The summed E-state index contributed by atoms with van der Waals surface area (Å²) in [6.07, 6.45) is 6.12. The summed E-state index contributed by atoms with van der Waals surface area (Å²) in [5, 5.41) is 4.18. The van der Waals surface area contributed by atoms with Gasteiger partial charge in [0.2, 0.25) is 5.88 Å². The molecule has 5 nitrogen and oxygen atoms in total. The monoisotopic (exact) mass is 262 g/mol. The van der Waals surface area contributed by atoms with E-state index in [0.717, 1.165) is 13.0 Å². The number of hydrogen-bond donors (Lipinski definition) is 1. The van der Waals surface area contributed by atoms with Gasteiger partial charge < -0.3 is 10.5 Å². The molecule has 94 valence electrons. The Bertz CT molecular complexity index is 553. The summed E-state index contributed by atoms with van der Waals surface area (Å²) in [4.78, 5) is 4.39. The van der Waals surface area contributed by atoms with Crippen LogP contribution in [0.3, 0.4) is 0 Å². The fraction of sp³-hybridized carbons (Fsp3) is 0.250. The number of aromatic nitrogens is 3. The summed E-state index contributed by atoms with van der Waals surface area (Å²) in [5.41, 5.74) is 6.23. The first-order valence-electron chi connectivity index (χ1n) is 5.66. The lowest BCUT2D eigenvalue weighted by atomic mass is 10.3. The van der Waals surface area contributed by atoms with Crippen LogP contribution in [0.15, 0.2) is 30.7 Å². The van der Waals surface area contributed by atoms with Gasteiger partial charge in [-0.1, -0.05) is 19.1 Å². The molecule has 2 rings (SSSR count). The quantitative estimate of drug-likeness (QED) is 0.836. The van der Waals surface area contributed by atoms with Gasteiger partial charge in [0, 0.05) is 12.7 Å². The van der Waals surface area contributed by atoms with E-state index in [-0.39, 0.29) is 4.99 Å². The molecule has 2 aromatic rings. The van der Waals surface area contributed by atoms with Crippen LogP contribution < -0.4 is 10.5 Å². The fourth-order valence-corrected chi connectivity index (χ4v) is 1.68. The van der Waals surface area contributed by atoms with Crippen molar-refractivity contribution in [2.75, 3.05) is 0 Å². The molecule has 0 aliphatic carbocycles. The Labute approximate surface area is 111 Å². The van der Waals surface area contributed by atoms with E-state index in [0.29, 0.717) is 17.2 Å². The lowest BCUT2D eigenvalue weighted by Crippen LogP contribution is -2.11. The van der Waals surface area contributed by atoms with Gasteiger partial charge >= 0.3 is 0 Å². The zero-order valence-corrected chi connectivity index (χ0v) is 10.9. The minimum atomic E-state index is 0.263. The van der Waals surface area contributed by atoms with Crippen LogP contribution in [0, 0.1) is 0 Å². The lowest BCUT2D eigenvalue weighted by Gasteiger charge is -2.06. The van der Waals surface area contributed by atoms with E-state index in [4.69, 9.17) is 22.7 Å². The molecule has 2 heterocycles. The van der Waals surface area contributed by atoms with Crippen molar-refractivity contribution >= 4 is 17.2 Å². The second-order valence-corrected chi connectivity index (χ2v) is 4.20. The van der Waals surface area contributed by atoms with Crippen molar-refractivity contribution in [2.45, 2.75) is 19.9 Å². The predicted molar refractivity (Wildman–Crippen MR) is 72.7 cm³/mol. The predicted octanol–water partition coefficient (Wildman–Crippen LogP) is 2.11. The van der Waals surface area contributed by atoms with Gasteiger partial charge in [-0.05, 0) is 18.6 Å². The van der Waals surface area contributed by atoms with Gasteiger partial charge in [0.1, 0.15) is 4.99 Å². The van der Waals surface area contributed by atoms with Crippen molar-refractivity contribution in [3.8, 4) is 11.6 Å². The van der Waals surface area contributed by atoms with E-state index < -0.39 is 0 Å². The Kier molecular flexibility index (Phi) is 3.88. The van der Waals surface area contributed by atoms with Gasteiger partial charge in [0.05, 0.1) is 18.0 Å². The van der Waals surface area contributed by atoms with Gasteiger partial charge in [-0.3, -0.25) is 4.68 Å². The zero-order chi connectivity index (χ0) is 13.0. The van der Waals surface area contributed by atoms with Gasteiger partial charge in [-0.25, -0.2) is 4.98 Å². The van der Waals surface area contributed by atoms with Crippen molar-refractivity contribution in [2.24, 2.45) is 5.73 Å². The molecule has 0 fully saturated rings. The molecule has 2 aromatic heterocycles. The minimum absolute atomic E-state index is 0.263. The molecule has 0 spiro atoms. The largest absolute Gasteiger partial charge is 0.435 e. The number of hydrogen-bond acceptors (Lipinski definition) is 4. The standard InChI is InChI=1S/C12H14N4OS/c1-2-6-16-8-9(7-15-16)17-12-10(11(13)18)4-3-5-14-12/h3-5,7-8H,2,6H2,1H3,(H2,13,18). The molecule has 0 amide bonds. The molecule has 0 unspecified atom stereocenters. The van der Waals surface area contributed by atoms with E-state index in [1.54, 1.807) is 24.5 Å². The van der Waals surface area contributed by atoms with Crippen LogP contribution in [0.25, 0.3) is 0 Å². The smallest absolute Gasteiger partial charge is 0.229 e. The second-order valence-electron chi connectivity index (χ2n) is 3.76. The van der Waals surface area contributed by atoms with Crippen LogP contribution in [0.4, 0.5) is 0 Å². The van der Waals surface area contributed by atoms with Gasteiger partial charge in [-0.2, -0.15) is 5.10 Å². The second kappa shape index (κ2) is 5.59. The van der Waals surface area contributed by atoms with Crippen LogP contribution in [0.5, 0.6) is 11.6 Å². The van der Waals surface area contributed by atoms with E-state index in [9.17, 15) is 0 Å². The van der Waals surface area contributed by atoms with Crippen LogP contribution in [0.2, 0.25) is 0 Å². The third-order valence-corrected chi connectivity index (χ3v) is 2.53. The minimum Gasteiger partial charge on any atom is -0.435 e. The van der Waals surface area contributed by atoms with E-state index >= 15 is 0 Å². The third-order valence-electron chi connectivity index (χ3n) is 2.31. The number of nitrogens with two attached hydrogens (primary N) is 1. The molecule has 2 N–H and O–H groups in total. The number of nitrogens with zero attached hydrogens (tertiary/aromatic N) is 3. The molecule has 0 saturated carbocycles. The molecule has 0 radical (unpaired) electrons. The van der Waals surface area contributed by atoms with Crippen molar-refractivity contribution in [1.82, 2.24) is 14.8 Å². The highest BCUT2D eigenvalue weighted by Crippen LogP contribution is 2.22. The number of ether oxygens (including phenoxy) is 1. The average molecular weight is 262 g/mol. The number of aryl methyl sites for hydroxylation is 1. The van der Waals surface area contributed by atoms with Crippen molar-refractivity contribution < 1.29 is 4.74 Å². The Hall–Kier alpha value is -1.95. The Morgan fingerprint density at radius 3 is 3.11 bits per heavy atom. The van der Waals surface area contributed by atoms with Crippen LogP contribution in [-0.4, -0.2) is 19.8 Å². The SMILES string of the molecule is CCCn1cc(Oc2ncccc2C(N)=S)cn1. The van der Waals surface area contributed by atoms with Crippen molar-refractivity contribution in [3.63, 3.8) is 0 Å². The van der Waals surface area contributed by atoms with Gasteiger partial charge in [0.15, 0.2) is 5.75 Å². The molecule has 6 heteroatoms.